The van der Waals surface area contributed by atoms with E-state index in [1.165, 1.54) is 35.9 Å². The highest BCUT2D eigenvalue weighted by Gasteiger charge is 2.40. The molecule has 1 aliphatic rings. The zero-order valence-corrected chi connectivity index (χ0v) is 21.1. The predicted molar refractivity (Wildman–Crippen MR) is 131 cm³/mol. The van der Waals surface area contributed by atoms with Gasteiger partial charge in [0.25, 0.3) is 0 Å². The smallest absolute Gasteiger partial charge is 0.243 e. The summed E-state index contributed by atoms with van der Waals surface area (Å²) < 4.78 is 44.1. The van der Waals surface area contributed by atoms with Gasteiger partial charge >= 0.3 is 0 Å². The number of rotatable bonds is 7. The van der Waals surface area contributed by atoms with Gasteiger partial charge in [-0.05, 0) is 25.1 Å². The molecule has 0 aliphatic carbocycles. The maximum atomic E-state index is 14.3. The van der Waals surface area contributed by atoms with Crippen molar-refractivity contribution in [3.05, 3.63) is 64.3 Å². The van der Waals surface area contributed by atoms with E-state index in [-0.39, 0.29) is 51.9 Å². The third-order valence-corrected chi connectivity index (χ3v) is 7.27. The molecule has 1 fully saturated rings. The maximum Gasteiger partial charge on any atom is 0.243 e. The van der Waals surface area contributed by atoms with Crippen molar-refractivity contribution < 1.29 is 37.3 Å². The molecule has 1 aliphatic heterocycles. The lowest BCUT2D eigenvalue weighted by Crippen LogP contribution is -2.46. The minimum absolute atomic E-state index is 0.107. The number of nitrogens with one attached hydrogen (secondary N) is 1. The van der Waals surface area contributed by atoms with Crippen LogP contribution in [0.2, 0.25) is 5.02 Å². The van der Waals surface area contributed by atoms with Crippen molar-refractivity contribution in [2.45, 2.75) is 38.6 Å². The first-order chi connectivity index (χ1) is 17.5. The van der Waals surface area contributed by atoms with E-state index in [0.717, 1.165) is 17.0 Å². The standard InChI is InChI=1S/C24H22ClF3N3O5P/c1-12(32)16-10-30(19-7-21(37(35)36)18(27)6-15(16)19)11-22(33)31-9-14(26)5-20(31)24(34)29-8-13-3-2-4-17(25)23(13)28/h2-4,6-7,10,14,20,35-36H,5,8-9,11H2,1H3,(H,29,34)/t14-,20?/m1/s1. The van der Waals surface area contributed by atoms with Gasteiger partial charge in [0.15, 0.2) is 5.78 Å². The van der Waals surface area contributed by atoms with Crippen molar-refractivity contribution in [3.8, 4) is 0 Å². The maximum absolute atomic E-state index is 14.3. The normalized spacial score (nSPS) is 17.6. The van der Waals surface area contributed by atoms with Crippen LogP contribution in [0.4, 0.5) is 13.2 Å². The number of hydrogen-bond donors (Lipinski definition) is 3. The fourth-order valence-electron chi connectivity index (χ4n) is 4.39. The third-order valence-electron chi connectivity index (χ3n) is 6.21. The Labute approximate surface area is 215 Å². The lowest BCUT2D eigenvalue weighted by molar-refractivity contribution is -0.139. The van der Waals surface area contributed by atoms with E-state index in [4.69, 9.17) is 11.6 Å². The van der Waals surface area contributed by atoms with Crippen LogP contribution < -0.4 is 10.6 Å². The van der Waals surface area contributed by atoms with Crippen LogP contribution in [0.15, 0.2) is 36.5 Å². The first-order valence-electron chi connectivity index (χ1n) is 11.1. The second kappa shape index (κ2) is 10.8. The Morgan fingerprint density at radius 3 is 2.62 bits per heavy atom. The van der Waals surface area contributed by atoms with Crippen LogP contribution >= 0.6 is 20.0 Å². The summed E-state index contributed by atoms with van der Waals surface area (Å²) in [5, 5.41) is 2.17. The molecule has 13 heteroatoms. The zero-order valence-electron chi connectivity index (χ0n) is 19.4. The lowest BCUT2D eigenvalue weighted by atomic mass is 10.1. The number of nitrogens with zero attached hydrogens (tertiary/aromatic N) is 2. The number of halogens is 4. The van der Waals surface area contributed by atoms with Gasteiger partial charge in [-0.2, -0.15) is 0 Å². The zero-order chi connectivity index (χ0) is 27.0. The lowest BCUT2D eigenvalue weighted by Gasteiger charge is -2.24. The fourth-order valence-corrected chi connectivity index (χ4v) is 5.08. The number of amides is 2. The van der Waals surface area contributed by atoms with Gasteiger partial charge in [0, 0.05) is 35.7 Å². The molecule has 1 unspecified atom stereocenters. The van der Waals surface area contributed by atoms with Crippen LogP contribution in [-0.4, -0.2) is 55.6 Å². The number of carbonyl (C=O) groups is 3. The Morgan fingerprint density at radius 1 is 1.22 bits per heavy atom. The molecule has 0 radical (unpaired) electrons. The number of ketones is 1. The van der Waals surface area contributed by atoms with Gasteiger partial charge in [-0.25, -0.2) is 13.2 Å². The van der Waals surface area contributed by atoms with E-state index < -0.39 is 56.4 Å². The molecule has 37 heavy (non-hydrogen) atoms. The van der Waals surface area contributed by atoms with Crippen LogP contribution in [0.1, 0.15) is 29.3 Å². The number of benzene rings is 2. The highest BCUT2D eigenvalue weighted by molar-refractivity contribution is 7.54. The third kappa shape index (κ3) is 5.50. The molecule has 8 nitrogen and oxygen atoms in total. The number of fused-ring (bicyclic) bond motifs is 1. The minimum atomic E-state index is -2.79. The van der Waals surface area contributed by atoms with Crippen LogP contribution in [0, 0.1) is 11.6 Å². The minimum Gasteiger partial charge on any atom is -0.350 e. The van der Waals surface area contributed by atoms with Gasteiger partial charge in [0.05, 0.1) is 22.4 Å². The summed E-state index contributed by atoms with van der Waals surface area (Å²) >= 11 is 5.75. The Hall–Kier alpha value is -2.98. The molecule has 4 rings (SSSR count). The molecular formula is C24H22ClF3N3O5P. The van der Waals surface area contributed by atoms with E-state index in [0.29, 0.717) is 0 Å². The van der Waals surface area contributed by atoms with Gasteiger partial charge in [-0.3, -0.25) is 14.4 Å². The van der Waals surface area contributed by atoms with Gasteiger partial charge in [0.2, 0.25) is 20.2 Å². The molecule has 3 aromatic rings. The number of alkyl halides is 1. The summed E-state index contributed by atoms with van der Waals surface area (Å²) in [4.78, 5) is 58.2. The van der Waals surface area contributed by atoms with Gasteiger partial charge < -0.3 is 24.6 Å². The van der Waals surface area contributed by atoms with Crippen molar-refractivity contribution in [1.82, 2.24) is 14.8 Å². The summed E-state index contributed by atoms with van der Waals surface area (Å²) in [5.41, 5.74) is 0.426. The molecule has 196 valence electrons. The Bertz CT molecular complexity index is 1400. The molecule has 3 N–H and O–H groups in total. The molecule has 0 saturated carbocycles. The summed E-state index contributed by atoms with van der Waals surface area (Å²) in [7, 11) is -2.79. The van der Waals surface area contributed by atoms with Crippen molar-refractivity contribution in [3.63, 3.8) is 0 Å². The SMILES string of the molecule is CC(=O)c1cn(CC(=O)N2C[C@H](F)CC2C(=O)NCc2cccc(Cl)c2F)c2cc(P(O)O)c(F)cc12. The van der Waals surface area contributed by atoms with E-state index in [2.05, 4.69) is 5.32 Å². The molecule has 1 aromatic heterocycles. The summed E-state index contributed by atoms with van der Waals surface area (Å²) in [6.07, 6.45) is -0.398. The fraction of sp³-hybridized carbons (Fsp3) is 0.292. The number of likely N-dealkylation sites (tertiary alicyclic amines) is 1. The van der Waals surface area contributed by atoms with Crippen molar-refractivity contribution in [2.75, 3.05) is 6.54 Å². The highest BCUT2D eigenvalue weighted by atomic mass is 35.5. The van der Waals surface area contributed by atoms with E-state index in [9.17, 15) is 37.3 Å². The topological polar surface area (TPSA) is 112 Å². The molecule has 0 spiro atoms. The molecule has 0 bridgehead atoms. The van der Waals surface area contributed by atoms with Crippen LogP contribution in [0.3, 0.4) is 0 Å². The molecule has 2 amide bonds. The van der Waals surface area contributed by atoms with Gasteiger partial charge in [-0.1, -0.05) is 23.7 Å². The first kappa shape index (κ1) is 27.1. The first-order valence-corrected chi connectivity index (χ1v) is 12.8. The van der Waals surface area contributed by atoms with Crippen molar-refractivity contribution in [2.24, 2.45) is 0 Å². The van der Waals surface area contributed by atoms with Gasteiger partial charge in [-0.15, -0.1) is 0 Å². The summed E-state index contributed by atoms with van der Waals surface area (Å²) in [5.74, 6) is -3.34. The predicted octanol–water partition coefficient (Wildman–Crippen LogP) is 2.95. The number of carbonyl (C=O) groups excluding carboxylic acids is 3. The average Bonchev–Trinajstić information content (AvgIpc) is 3.39. The number of Topliss-reactive ketones (excluding diaryl/α,β-unsaturated/α-hetero) is 1. The summed E-state index contributed by atoms with van der Waals surface area (Å²) in [6.45, 7) is 0.266. The van der Waals surface area contributed by atoms with Crippen LogP contribution in [0.5, 0.6) is 0 Å². The Kier molecular flexibility index (Phi) is 7.89. The van der Waals surface area contributed by atoms with E-state index in [1.807, 2.05) is 0 Å². The van der Waals surface area contributed by atoms with Gasteiger partial charge in [0.1, 0.15) is 30.4 Å². The largest absolute Gasteiger partial charge is 0.350 e. The second-order valence-electron chi connectivity index (χ2n) is 8.66. The van der Waals surface area contributed by atoms with E-state index in [1.54, 1.807) is 0 Å². The molecule has 2 heterocycles. The Balaban J connectivity index is 1.57. The van der Waals surface area contributed by atoms with Crippen molar-refractivity contribution in [1.29, 1.82) is 0 Å². The van der Waals surface area contributed by atoms with E-state index >= 15 is 0 Å². The Morgan fingerprint density at radius 2 is 1.95 bits per heavy atom. The molecule has 2 aromatic carbocycles. The second-order valence-corrected chi connectivity index (χ2v) is 10.1. The molecule has 1 saturated heterocycles. The summed E-state index contributed by atoms with van der Waals surface area (Å²) in [6, 6.07) is 5.28. The average molecular weight is 556 g/mol. The molecule has 2 atom stereocenters. The van der Waals surface area contributed by atoms with Crippen LogP contribution in [0.25, 0.3) is 10.9 Å². The molecular weight excluding hydrogens is 534 g/mol. The van der Waals surface area contributed by atoms with Crippen molar-refractivity contribution >= 4 is 53.8 Å². The highest BCUT2D eigenvalue weighted by Crippen LogP contribution is 2.30. The monoisotopic (exact) mass is 555 g/mol. The quantitative estimate of drug-likeness (QED) is 0.307. The van der Waals surface area contributed by atoms with Crippen LogP contribution in [-0.2, 0) is 22.7 Å². The number of aromatic nitrogens is 1. The number of hydrogen-bond acceptors (Lipinski definition) is 5.